The maximum absolute atomic E-state index is 12.0. The standard InChI is InChI=1S/C17H25N3O4S2.CH3NO2/c1-5-23-16(21)11-12-20(13-15-9-7-6-8-10-15)26-19(3)17(22)24-18-14(2)25-4;2-1(3)4/h6-10H,5,11-13H2,1-4H3;2H2,(H,3,4)/b18-14-;. The van der Waals surface area contributed by atoms with Gasteiger partial charge in [-0.1, -0.05) is 35.5 Å². The highest BCUT2D eigenvalue weighted by atomic mass is 32.2. The van der Waals surface area contributed by atoms with Gasteiger partial charge < -0.3 is 15.6 Å². The van der Waals surface area contributed by atoms with Crippen molar-refractivity contribution in [3.63, 3.8) is 0 Å². The third kappa shape index (κ3) is 14.5. The van der Waals surface area contributed by atoms with Gasteiger partial charge in [0.15, 0.2) is 0 Å². The summed E-state index contributed by atoms with van der Waals surface area (Å²) in [5.41, 5.74) is 5.10. The van der Waals surface area contributed by atoms with Crippen molar-refractivity contribution in [1.29, 1.82) is 0 Å². The maximum atomic E-state index is 12.0. The number of thioether (sulfide) groups is 1. The Morgan fingerprint density at radius 1 is 1.23 bits per heavy atom. The molecule has 0 bridgehead atoms. The smallest absolute Gasteiger partial charge is 0.446 e. The maximum Gasteiger partial charge on any atom is 0.446 e. The Balaban J connectivity index is 0.00000192. The predicted octanol–water partition coefficient (Wildman–Crippen LogP) is 3.39. The van der Waals surface area contributed by atoms with Crippen molar-refractivity contribution in [2.24, 2.45) is 10.9 Å². The van der Waals surface area contributed by atoms with E-state index in [1.54, 1.807) is 20.9 Å². The monoisotopic (exact) mass is 460 g/mol. The van der Waals surface area contributed by atoms with Gasteiger partial charge in [-0.25, -0.2) is 18.2 Å². The molecule has 2 amide bonds. The zero-order chi connectivity index (χ0) is 22.9. The molecule has 0 unspecified atom stereocenters. The van der Waals surface area contributed by atoms with Crippen molar-refractivity contribution in [2.45, 2.75) is 26.8 Å². The molecule has 0 spiro atoms. The lowest BCUT2D eigenvalue weighted by Crippen LogP contribution is -2.28. The minimum atomic E-state index is -1.33. The normalized spacial score (nSPS) is 10.6. The lowest BCUT2D eigenvalue weighted by atomic mass is 10.2. The van der Waals surface area contributed by atoms with Gasteiger partial charge in [0, 0.05) is 32.3 Å². The molecule has 0 aliphatic rings. The molecule has 0 saturated carbocycles. The first kappa shape index (κ1) is 27.6. The molecule has 0 saturated heterocycles. The number of ether oxygens (including phenoxy) is 1. The number of esters is 1. The SMILES string of the molecule is CCOC(=O)CCN(Cc1ccccc1)SN(C)C(=O)O/N=C(/C)SC.NC(=O)O. The summed E-state index contributed by atoms with van der Waals surface area (Å²) in [6, 6.07) is 9.81. The first-order chi connectivity index (χ1) is 14.2. The largest absolute Gasteiger partial charge is 0.466 e. The van der Waals surface area contributed by atoms with Gasteiger partial charge in [-0.05, 0) is 25.7 Å². The van der Waals surface area contributed by atoms with Gasteiger partial charge in [0.05, 0.1) is 13.0 Å². The molecule has 168 valence electrons. The third-order valence-electron chi connectivity index (χ3n) is 3.12. The van der Waals surface area contributed by atoms with Gasteiger partial charge >= 0.3 is 18.2 Å². The molecule has 1 aromatic rings. The Kier molecular flexibility index (Phi) is 15.0. The van der Waals surface area contributed by atoms with E-state index in [0.717, 1.165) is 5.56 Å². The Bertz CT molecular complexity index is 687. The van der Waals surface area contributed by atoms with E-state index in [2.05, 4.69) is 10.9 Å². The fourth-order valence-electron chi connectivity index (χ4n) is 1.79. The van der Waals surface area contributed by atoms with Crippen LogP contribution in [0, 0.1) is 0 Å². The summed E-state index contributed by atoms with van der Waals surface area (Å²) in [5, 5.41) is 11.6. The van der Waals surface area contributed by atoms with Crippen LogP contribution in [0.3, 0.4) is 0 Å². The van der Waals surface area contributed by atoms with Crippen LogP contribution in [0.4, 0.5) is 9.59 Å². The number of rotatable bonds is 9. The molecular formula is C18H28N4O6S2. The molecule has 12 heteroatoms. The minimum Gasteiger partial charge on any atom is -0.466 e. The molecule has 10 nitrogen and oxygen atoms in total. The summed E-state index contributed by atoms with van der Waals surface area (Å²) >= 11 is 2.57. The van der Waals surface area contributed by atoms with Crippen LogP contribution in [0.15, 0.2) is 35.5 Å². The van der Waals surface area contributed by atoms with E-state index in [1.165, 1.54) is 28.2 Å². The van der Waals surface area contributed by atoms with Crippen molar-refractivity contribution in [2.75, 3.05) is 26.5 Å². The van der Waals surface area contributed by atoms with Crippen molar-refractivity contribution in [3.05, 3.63) is 35.9 Å². The summed E-state index contributed by atoms with van der Waals surface area (Å²) in [6.07, 6.45) is 0.167. The molecule has 0 radical (unpaired) electrons. The first-order valence-electron chi connectivity index (χ1n) is 8.83. The molecule has 0 aliphatic heterocycles. The number of amides is 2. The van der Waals surface area contributed by atoms with E-state index in [1.807, 2.05) is 40.9 Å². The number of primary amides is 1. The Morgan fingerprint density at radius 3 is 2.37 bits per heavy atom. The van der Waals surface area contributed by atoms with E-state index >= 15 is 0 Å². The number of carbonyl (C=O) groups excluding carboxylic acids is 2. The highest BCUT2D eigenvalue weighted by Crippen LogP contribution is 2.20. The minimum absolute atomic E-state index is 0.236. The van der Waals surface area contributed by atoms with E-state index < -0.39 is 12.2 Å². The van der Waals surface area contributed by atoms with E-state index in [4.69, 9.17) is 19.5 Å². The quantitative estimate of drug-likeness (QED) is 0.142. The zero-order valence-electron chi connectivity index (χ0n) is 17.4. The number of carbonyl (C=O) groups is 3. The molecular weight excluding hydrogens is 432 g/mol. The van der Waals surface area contributed by atoms with Gasteiger partial charge in [0.25, 0.3) is 0 Å². The average Bonchev–Trinajstić information content (AvgIpc) is 2.70. The fourth-order valence-corrected chi connectivity index (χ4v) is 2.73. The van der Waals surface area contributed by atoms with Crippen molar-refractivity contribution in [1.82, 2.24) is 8.61 Å². The van der Waals surface area contributed by atoms with Gasteiger partial charge in [-0.3, -0.25) is 9.63 Å². The highest BCUT2D eigenvalue weighted by Gasteiger charge is 2.18. The molecule has 0 fully saturated rings. The van der Waals surface area contributed by atoms with Crippen LogP contribution in [-0.2, 0) is 20.9 Å². The topological polar surface area (TPSA) is 135 Å². The number of benzene rings is 1. The van der Waals surface area contributed by atoms with Crippen LogP contribution in [-0.4, -0.2) is 63.4 Å². The van der Waals surface area contributed by atoms with Crippen LogP contribution in [0.1, 0.15) is 25.8 Å². The Hall–Kier alpha value is -2.44. The van der Waals surface area contributed by atoms with Crippen LogP contribution in [0.5, 0.6) is 0 Å². The highest BCUT2D eigenvalue weighted by molar-refractivity contribution is 8.13. The number of oxime groups is 1. The molecule has 0 aliphatic carbocycles. The molecule has 0 atom stereocenters. The molecule has 1 aromatic carbocycles. The number of hydrogen-bond donors (Lipinski definition) is 2. The van der Waals surface area contributed by atoms with Crippen molar-refractivity contribution < 1.29 is 29.1 Å². The van der Waals surface area contributed by atoms with E-state index in [0.29, 0.717) is 24.7 Å². The molecule has 0 aromatic heterocycles. The molecule has 0 heterocycles. The van der Waals surface area contributed by atoms with Gasteiger partial charge in [0.1, 0.15) is 5.04 Å². The Labute approximate surface area is 185 Å². The number of nitrogens with two attached hydrogens (primary N) is 1. The third-order valence-corrected chi connectivity index (χ3v) is 4.72. The fraction of sp³-hybridized carbons (Fsp3) is 0.444. The van der Waals surface area contributed by atoms with E-state index in [9.17, 15) is 9.59 Å². The summed E-state index contributed by atoms with van der Waals surface area (Å²) < 4.78 is 8.21. The second-order valence-electron chi connectivity index (χ2n) is 5.49. The summed E-state index contributed by atoms with van der Waals surface area (Å²) in [4.78, 5) is 37.4. The summed E-state index contributed by atoms with van der Waals surface area (Å²) in [6.45, 7) is 4.88. The molecule has 30 heavy (non-hydrogen) atoms. The molecule has 1 rings (SSSR count). The Morgan fingerprint density at radius 2 is 1.83 bits per heavy atom. The van der Waals surface area contributed by atoms with Crippen LogP contribution < -0.4 is 5.73 Å². The lowest BCUT2D eigenvalue weighted by Gasteiger charge is -2.24. The average molecular weight is 461 g/mol. The first-order valence-corrected chi connectivity index (χ1v) is 10.8. The van der Waals surface area contributed by atoms with Crippen molar-refractivity contribution >= 4 is 47.1 Å². The van der Waals surface area contributed by atoms with Crippen LogP contribution >= 0.6 is 23.9 Å². The number of hydrogen-bond acceptors (Lipinski definition) is 9. The van der Waals surface area contributed by atoms with Gasteiger partial charge in [-0.15, -0.1) is 11.8 Å². The predicted molar refractivity (Wildman–Crippen MR) is 119 cm³/mol. The van der Waals surface area contributed by atoms with Crippen LogP contribution in [0.25, 0.3) is 0 Å². The van der Waals surface area contributed by atoms with E-state index in [-0.39, 0.29) is 12.4 Å². The van der Waals surface area contributed by atoms with Crippen molar-refractivity contribution in [3.8, 4) is 0 Å². The summed E-state index contributed by atoms with van der Waals surface area (Å²) in [7, 11) is 1.60. The van der Waals surface area contributed by atoms with Gasteiger partial charge in [0.2, 0.25) is 0 Å². The molecule has 3 N–H and O–H groups in total. The second-order valence-corrected chi connectivity index (χ2v) is 7.72. The van der Waals surface area contributed by atoms with Gasteiger partial charge in [-0.2, -0.15) is 0 Å². The zero-order valence-corrected chi connectivity index (χ0v) is 19.1. The summed E-state index contributed by atoms with van der Waals surface area (Å²) in [5.74, 6) is -0.267. The number of carboxylic acid groups (broad SMARTS) is 1. The van der Waals surface area contributed by atoms with Crippen LogP contribution in [0.2, 0.25) is 0 Å². The lowest BCUT2D eigenvalue weighted by molar-refractivity contribution is -0.143. The second kappa shape index (κ2) is 16.4. The number of nitrogens with zero attached hydrogens (tertiary/aromatic N) is 3.